The lowest BCUT2D eigenvalue weighted by atomic mass is 9.58. The van der Waals surface area contributed by atoms with Gasteiger partial charge in [-0.3, -0.25) is 0 Å². The first-order chi connectivity index (χ1) is 14.7. The van der Waals surface area contributed by atoms with E-state index in [-0.39, 0.29) is 24.0 Å². The molecule has 1 aromatic carbocycles. The minimum Gasteiger partial charge on any atom is -0.478 e. The van der Waals surface area contributed by atoms with Gasteiger partial charge in [-0.25, -0.2) is 14.6 Å². The van der Waals surface area contributed by atoms with Crippen LogP contribution in [-0.4, -0.2) is 35.0 Å². The van der Waals surface area contributed by atoms with Crippen LogP contribution < -0.4 is 0 Å². The fourth-order valence-corrected chi connectivity index (χ4v) is 6.36. The van der Waals surface area contributed by atoms with Gasteiger partial charge in [-0.15, -0.1) is 0 Å². The smallest absolute Gasteiger partial charge is 0.335 e. The van der Waals surface area contributed by atoms with E-state index < -0.39 is 29.9 Å². The van der Waals surface area contributed by atoms with Crippen molar-refractivity contribution >= 4 is 17.6 Å². The van der Waals surface area contributed by atoms with Crippen LogP contribution in [0.5, 0.6) is 0 Å². The van der Waals surface area contributed by atoms with Gasteiger partial charge in [0.25, 0.3) is 0 Å². The maximum absolute atomic E-state index is 11.3. The number of benzene rings is 1. The van der Waals surface area contributed by atoms with E-state index in [2.05, 4.69) is 13.8 Å². The lowest BCUT2D eigenvalue weighted by Gasteiger charge is -2.60. The van der Waals surface area contributed by atoms with E-state index in [4.69, 9.17) is 35.6 Å². The van der Waals surface area contributed by atoms with Gasteiger partial charge in [0.1, 0.15) is 0 Å². The Morgan fingerprint density at radius 2 is 2.00 bits per heavy atom. The summed E-state index contributed by atoms with van der Waals surface area (Å²) >= 11 is 6.09. The van der Waals surface area contributed by atoms with Crippen LogP contribution in [-0.2, 0) is 30.6 Å². The SMILES string of the molecule is C[C@H]1[C@@H](OCc2cc(Cl)cc(C(=O)O)c2)O[C@@H]2O[C@@]3(C)CC[C@H]4[C@H](C)CC[C@@H]1[C@@]24OO3. The second-order valence-electron chi connectivity index (χ2n) is 9.74. The van der Waals surface area contributed by atoms with Crippen molar-refractivity contribution in [1.82, 2.24) is 0 Å². The molecule has 0 amide bonds. The second-order valence-corrected chi connectivity index (χ2v) is 10.2. The molecule has 1 saturated carbocycles. The van der Waals surface area contributed by atoms with Gasteiger partial charge in [0, 0.05) is 23.3 Å². The zero-order chi connectivity index (χ0) is 22.0. The standard InChI is InChI=1S/C23H29ClO7/c1-12-4-5-18-13(2)20(27-11-14-8-15(19(25)26)10-16(24)9-14)28-21-23(18)17(12)6-7-22(3,29-21)30-31-23/h8-10,12-13,17-18,20-21H,4-7,11H2,1-3H3,(H,25,26)/t12-,13-,17+,18+,20+,21-,22-,23-/m1/s1. The quantitative estimate of drug-likeness (QED) is 0.659. The minimum absolute atomic E-state index is 0.0547. The maximum atomic E-state index is 11.3. The maximum Gasteiger partial charge on any atom is 0.335 e. The number of halogens is 1. The first-order valence-corrected chi connectivity index (χ1v) is 11.4. The lowest BCUT2D eigenvalue weighted by Crippen LogP contribution is -2.70. The fraction of sp³-hybridized carbons (Fsp3) is 0.696. The summed E-state index contributed by atoms with van der Waals surface area (Å²) in [4.78, 5) is 23.3. The van der Waals surface area contributed by atoms with E-state index in [1.54, 1.807) is 12.1 Å². The van der Waals surface area contributed by atoms with E-state index in [1.807, 2.05) is 6.92 Å². The predicted molar refractivity (Wildman–Crippen MR) is 110 cm³/mol. The number of fused-ring (bicyclic) bond motifs is 2. The summed E-state index contributed by atoms with van der Waals surface area (Å²) in [5.41, 5.74) is 0.195. The summed E-state index contributed by atoms with van der Waals surface area (Å²) in [5.74, 6) is -0.821. The number of ether oxygens (including phenoxy) is 3. The van der Waals surface area contributed by atoms with Gasteiger partial charge in [-0.1, -0.05) is 25.4 Å². The van der Waals surface area contributed by atoms with Crippen molar-refractivity contribution in [2.45, 2.75) is 77.0 Å². The molecule has 1 N–H and O–H groups in total. The van der Waals surface area contributed by atoms with Crippen LogP contribution in [0.25, 0.3) is 0 Å². The van der Waals surface area contributed by atoms with Crippen LogP contribution in [0.3, 0.4) is 0 Å². The van der Waals surface area contributed by atoms with Gasteiger partial charge in [0.2, 0.25) is 5.79 Å². The molecule has 1 spiro atoms. The predicted octanol–water partition coefficient (Wildman–Crippen LogP) is 4.76. The summed E-state index contributed by atoms with van der Waals surface area (Å²) in [7, 11) is 0. The Labute approximate surface area is 186 Å². The molecule has 1 aliphatic carbocycles. The highest BCUT2D eigenvalue weighted by molar-refractivity contribution is 6.31. The van der Waals surface area contributed by atoms with Gasteiger partial charge < -0.3 is 19.3 Å². The number of hydrogen-bond acceptors (Lipinski definition) is 6. The van der Waals surface area contributed by atoms with Crippen LogP contribution in [0.4, 0.5) is 0 Å². The second kappa shape index (κ2) is 7.68. The van der Waals surface area contributed by atoms with Crippen LogP contribution in [0.2, 0.25) is 5.02 Å². The van der Waals surface area contributed by atoms with Crippen LogP contribution in [0, 0.1) is 23.7 Å². The zero-order valence-electron chi connectivity index (χ0n) is 18.0. The van der Waals surface area contributed by atoms with Crippen LogP contribution >= 0.6 is 11.6 Å². The monoisotopic (exact) mass is 452 g/mol. The van der Waals surface area contributed by atoms with Crippen molar-refractivity contribution in [1.29, 1.82) is 0 Å². The molecule has 8 heteroatoms. The third-order valence-corrected chi connectivity index (χ3v) is 7.93. The first-order valence-electron chi connectivity index (χ1n) is 11.1. The molecule has 4 aliphatic heterocycles. The number of carbonyl (C=O) groups is 1. The van der Waals surface area contributed by atoms with E-state index >= 15 is 0 Å². The van der Waals surface area contributed by atoms with Crippen molar-refractivity contribution in [2.24, 2.45) is 23.7 Å². The molecule has 0 unspecified atom stereocenters. The van der Waals surface area contributed by atoms with Gasteiger partial charge in [-0.05, 0) is 61.8 Å². The first kappa shape index (κ1) is 21.6. The van der Waals surface area contributed by atoms with E-state index in [1.165, 1.54) is 6.07 Å². The van der Waals surface area contributed by atoms with Gasteiger partial charge in [-0.2, -0.15) is 0 Å². The Kier molecular flexibility index (Phi) is 5.35. The van der Waals surface area contributed by atoms with Crippen LogP contribution in [0.15, 0.2) is 18.2 Å². The highest BCUT2D eigenvalue weighted by atomic mass is 35.5. The van der Waals surface area contributed by atoms with Crippen LogP contribution in [0.1, 0.15) is 62.4 Å². The van der Waals surface area contributed by atoms with Gasteiger partial charge in [0.15, 0.2) is 18.2 Å². The molecule has 5 aliphatic rings. The van der Waals surface area contributed by atoms with E-state index in [0.717, 1.165) is 25.7 Å². The average Bonchev–Trinajstić information content (AvgIpc) is 2.95. The Morgan fingerprint density at radius 1 is 1.19 bits per heavy atom. The van der Waals surface area contributed by atoms with Gasteiger partial charge >= 0.3 is 5.97 Å². The Hall–Kier alpha value is -1.22. The van der Waals surface area contributed by atoms with Crippen molar-refractivity contribution in [3.63, 3.8) is 0 Å². The normalized spacial score (nSPS) is 43.9. The number of aromatic carboxylic acids is 1. The molecule has 5 fully saturated rings. The number of carboxylic acid groups (broad SMARTS) is 1. The van der Waals surface area contributed by atoms with Crippen molar-refractivity contribution in [3.05, 3.63) is 34.3 Å². The van der Waals surface area contributed by atoms with Crippen molar-refractivity contribution < 1.29 is 33.9 Å². The molecule has 4 saturated heterocycles. The summed E-state index contributed by atoms with van der Waals surface area (Å²) in [6, 6.07) is 4.71. The Balaban J connectivity index is 1.39. The molecule has 4 heterocycles. The molecule has 6 rings (SSSR count). The minimum atomic E-state index is -1.02. The molecule has 2 bridgehead atoms. The van der Waals surface area contributed by atoms with E-state index in [9.17, 15) is 9.90 Å². The largest absolute Gasteiger partial charge is 0.478 e. The summed E-state index contributed by atoms with van der Waals surface area (Å²) in [5, 5.41) is 9.65. The molecule has 170 valence electrons. The topological polar surface area (TPSA) is 83.5 Å². The molecule has 7 nitrogen and oxygen atoms in total. The molecule has 1 aromatic rings. The molecular formula is C23H29ClO7. The third-order valence-electron chi connectivity index (χ3n) is 7.72. The average molecular weight is 453 g/mol. The number of hydrogen-bond donors (Lipinski definition) is 1. The Morgan fingerprint density at radius 3 is 2.77 bits per heavy atom. The van der Waals surface area contributed by atoms with Gasteiger partial charge in [0.05, 0.1) is 12.2 Å². The Bertz CT molecular complexity index is 877. The zero-order valence-corrected chi connectivity index (χ0v) is 18.8. The number of rotatable bonds is 4. The molecule has 31 heavy (non-hydrogen) atoms. The van der Waals surface area contributed by atoms with Crippen molar-refractivity contribution in [3.8, 4) is 0 Å². The number of carboxylic acids is 1. The summed E-state index contributed by atoms with van der Waals surface area (Å²) in [6.07, 6.45) is 2.78. The summed E-state index contributed by atoms with van der Waals surface area (Å²) < 4.78 is 18.9. The lowest BCUT2D eigenvalue weighted by molar-refractivity contribution is -0.577. The highest BCUT2D eigenvalue weighted by Crippen LogP contribution is 2.60. The molecular weight excluding hydrogens is 424 g/mol. The highest BCUT2D eigenvalue weighted by Gasteiger charge is 2.69. The third kappa shape index (κ3) is 3.50. The molecule has 8 atom stereocenters. The van der Waals surface area contributed by atoms with E-state index in [0.29, 0.717) is 22.4 Å². The fourth-order valence-electron chi connectivity index (χ4n) is 6.10. The summed E-state index contributed by atoms with van der Waals surface area (Å²) in [6.45, 7) is 6.49. The van der Waals surface area contributed by atoms with Crippen molar-refractivity contribution in [2.75, 3.05) is 0 Å². The molecule has 0 radical (unpaired) electrons. The molecule has 0 aromatic heterocycles.